The van der Waals surface area contributed by atoms with Crippen LogP contribution in [0.5, 0.6) is 0 Å². The predicted molar refractivity (Wildman–Crippen MR) is 79.5 cm³/mol. The smallest absolute Gasteiger partial charge is 0.249 e. The molecule has 1 aliphatic rings. The highest BCUT2D eigenvalue weighted by atomic mass is 16.2. The van der Waals surface area contributed by atoms with E-state index in [0.717, 1.165) is 17.7 Å². The summed E-state index contributed by atoms with van der Waals surface area (Å²) in [5.74, 6) is 0.0878. The largest absolute Gasteiger partial charge is 0.344 e. The van der Waals surface area contributed by atoms with Crippen molar-refractivity contribution in [2.45, 2.75) is 39.7 Å². The number of anilines is 1. The second-order valence-corrected chi connectivity index (χ2v) is 5.51. The summed E-state index contributed by atoms with van der Waals surface area (Å²) < 4.78 is 0. The van der Waals surface area contributed by atoms with Crippen LogP contribution in [0, 0.1) is 12.8 Å². The number of nitrogens with one attached hydrogen (secondary N) is 1. The van der Waals surface area contributed by atoms with Gasteiger partial charge < -0.3 is 10.2 Å². The zero-order valence-corrected chi connectivity index (χ0v) is 12.3. The highest BCUT2D eigenvalue weighted by Crippen LogP contribution is 2.21. The standard InChI is InChI=1S/C16H22N2O2/c1-4-12(3)15-16(20)18(10-9-14(19)17-15)13-7-5-11(2)6-8-13/h5-8,12,15H,4,9-10H2,1-3H3,(H,17,19). The molecule has 2 unspecified atom stereocenters. The first kappa shape index (κ1) is 14.6. The summed E-state index contributed by atoms with van der Waals surface area (Å²) in [7, 11) is 0. The molecule has 1 fully saturated rings. The van der Waals surface area contributed by atoms with Crippen LogP contribution in [0.3, 0.4) is 0 Å². The molecule has 108 valence electrons. The van der Waals surface area contributed by atoms with Gasteiger partial charge in [-0.15, -0.1) is 0 Å². The van der Waals surface area contributed by atoms with Gasteiger partial charge in [-0.25, -0.2) is 0 Å². The minimum atomic E-state index is -0.420. The van der Waals surface area contributed by atoms with Gasteiger partial charge in [0.25, 0.3) is 0 Å². The van der Waals surface area contributed by atoms with E-state index in [1.807, 2.05) is 45.0 Å². The lowest BCUT2D eigenvalue weighted by Crippen LogP contribution is -2.48. The second-order valence-electron chi connectivity index (χ2n) is 5.51. The van der Waals surface area contributed by atoms with Gasteiger partial charge in [-0.05, 0) is 25.0 Å². The zero-order chi connectivity index (χ0) is 14.7. The van der Waals surface area contributed by atoms with Crippen molar-refractivity contribution in [1.82, 2.24) is 5.32 Å². The number of hydrogen-bond acceptors (Lipinski definition) is 2. The normalized spacial score (nSPS) is 21.4. The van der Waals surface area contributed by atoms with Crippen LogP contribution in [0.15, 0.2) is 24.3 Å². The molecular weight excluding hydrogens is 252 g/mol. The lowest BCUT2D eigenvalue weighted by molar-refractivity contribution is -0.126. The second kappa shape index (κ2) is 6.07. The molecule has 0 bridgehead atoms. The van der Waals surface area contributed by atoms with Gasteiger partial charge in [-0.2, -0.15) is 0 Å². The van der Waals surface area contributed by atoms with E-state index >= 15 is 0 Å². The van der Waals surface area contributed by atoms with E-state index in [1.165, 1.54) is 0 Å². The molecule has 20 heavy (non-hydrogen) atoms. The maximum atomic E-state index is 12.7. The van der Waals surface area contributed by atoms with Gasteiger partial charge in [0.2, 0.25) is 11.8 Å². The van der Waals surface area contributed by atoms with Crippen LogP contribution in [-0.4, -0.2) is 24.4 Å². The fraction of sp³-hybridized carbons (Fsp3) is 0.500. The monoisotopic (exact) mass is 274 g/mol. The molecule has 0 aliphatic carbocycles. The molecule has 2 rings (SSSR count). The number of amides is 2. The van der Waals surface area contributed by atoms with Gasteiger partial charge in [-0.3, -0.25) is 9.59 Å². The number of benzene rings is 1. The maximum Gasteiger partial charge on any atom is 0.249 e. The Labute approximate surface area is 120 Å². The molecule has 4 nitrogen and oxygen atoms in total. The summed E-state index contributed by atoms with van der Waals surface area (Å²) in [5.41, 5.74) is 2.02. The molecule has 1 saturated heterocycles. The van der Waals surface area contributed by atoms with Crippen molar-refractivity contribution in [3.05, 3.63) is 29.8 Å². The third-order valence-electron chi connectivity index (χ3n) is 3.97. The van der Waals surface area contributed by atoms with Gasteiger partial charge in [0.15, 0.2) is 0 Å². The molecule has 0 aromatic heterocycles. The first-order valence-corrected chi connectivity index (χ1v) is 7.20. The highest BCUT2D eigenvalue weighted by Gasteiger charge is 2.33. The minimum absolute atomic E-state index is 0.00551. The SMILES string of the molecule is CCC(C)C1NC(=O)CCN(c2ccc(C)cc2)C1=O. The third-order valence-corrected chi connectivity index (χ3v) is 3.97. The van der Waals surface area contributed by atoms with Crippen molar-refractivity contribution in [2.24, 2.45) is 5.92 Å². The average molecular weight is 274 g/mol. The van der Waals surface area contributed by atoms with Crippen LogP contribution >= 0.6 is 0 Å². The Hall–Kier alpha value is -1.84. The fourth-order valence-electron chi connectivity index (χ4n) is 2.40. The molecule has 1 aliphatic heterocycles. The fourth-order valence-corrected chi connectivity index (χ4v) is 2.40. The van der Waals surface area contributed by atoms with E-state index in [2.05, 4.69) is 5.32 Å². The van der Waals surface area contributed by atoms with E-state index < -0.39 is 6.04 Å². The summed E-state index contributed by atoms with van der Waals surface area (Å²) in [4.78, 5) is 26.2. The number of rotatable bonds is 3. The Bertz CT molecular complexity index is 496. The van der Waals surface area contributed by atoms with Gasteiger partial charge >= 0.3 is 0 Å². The number of carbonyl (C=O) groups excluding carboxylic acids is 2. The average Bonchev–Trinajstić information content (AvgIpc) is 2.59. The quantitative estimate of drug-likeness (QED) is 0.919. The molecule has 1 aromatic carbocycles. The molecule has 2 amide bonds. The Kier molecular flexibility index (Phi) is 4.42. The first-order chi connectivity index (χ1) is 9.52. The van der Waals surface area contributed by atoms with E-state index in [4.69, 9.17) is 0 Å². The van der Waals surface area contributed by atoms with Crippen LogP contribution in [-0.2, 0) is 9.59 Å². The Morgan fingerprint density at radius 2 is 1.95 bits per heavy atom. The number of carbonyl (C=O) groups is 2. The van der Waals surface area contributed by atoms with Crippen molar-refractivity contribution in [3.63, 3.8) is 0 Å². The molecule has 2 atom stereocenters. The summed E-state index contributed by atoms with van der Waals surface area (Å²) in [6, 6.07) is 7.44. The number of hydrogen-bond donors (Lipinski definition) is 1. The van der Waals surface area contributed by atoms with Crippen LogP contribution in [0.1, 0.15) is 32.3 Å². The van der Waals surface area contributed by atoms with Crippen LogP contribution in [0.4, 0.5) is 5.69 Å². The lowest BCUT2D eigenvalue weighted by atomic mass is 9.98. The van der Waals surface area contributed by atoms with E-state index in [0.29, 0.717) is 13.0 Å². The summed E-state index contributed by atoms with van der Waals surface area (Å²) in [6.45, 7) is 6.49. The Morgan fingerprint density at radius 3 is 2.55 bits per heavy atom. The van der Waals surface area contributed by atoms with Crippen LogP contribution in [0.25, 0.3) is 0 Å². The molecule has 1 aromatic rings. The van der Waals surface area contributed by atoms with E-state index in [1.54, 1.807) is 4.90 Å². The topological polar surface area (TPSA) is 49.4 Å². The summed E-state index contributed by atoms with van der Waals surface area (Å²) >= 11 is 0. The van der Waals surface area contributed by atoms with Crippen LogP contribution in [0.2, 0.25) is 0 Å². The van der Waals surface area contributed by atoms with E-state index in [9.17, 15) is 9.59 Å². The van der Waals surface area contributed by atoms with Gasteiger partial charge in [0, 0.05) is 18.7 Å². The van der Waals surface area contributed by atoms with Gasteiger partial charge in [-0.1, -0.05) is 38.0 Å². The van der Waals surface area contributed by atoms with Crippen molar-refractivity contribution < 1.29 is 9.59 Å². The third kappa shape index (κ3) is 3.00. The molecule has 0 radical (unpaired) electrons. The Balaban J connectivity index is 2.29. The van der Waals surface area contributed by atoms with Gasteiger partial charge in [0.05, 0.1) is 0 Å². The van der Waals surface area contributed by atoms with Crippen molar-refractivity contribution >= 4 is 17.5 Å². The molecule has 0 spiro atoms. The maximum absolute atomic E-state index is 12.7. The molecule has 1 N–H and O–H groups in total. The summed E-state index contributed by atoms with van der Waals surface area (Å²) in [6.07, 6.45) is 1.21. The van der Waals surface area contributed by atoms with Crippen LogP contribution < -0.4 is 10.2 Å². The number of nitrogens with zero attached hydrogens (tertiary/aromatic N) is 1. The first-order valence-electron chi connectivity index (χ1n) is 7.20. The predicted octanol–water partition coefficient (Wildman–Crippen LogP) is 2.26. The van der Waals surface area contributed by atoms with E-state index in [-0.39, 0.29) is 17.7 Å². The number of aryl methyl sites for hydroxylation is 1. The van der Waals surface area contributed by atoms with Gasteiger partial charge in [0.1, 0.15) is 6.04 Å². The van der Waals surface area contributed by atoms with Crippen molar-refractivity contribution in [2.75, 3.05) is 11.4 Å². The molecule has 4 heteroatoms. The Morgan fingerprint density at radius 1 is 1.30 bits per heavy atom. The van der Waals surface area contributed by atoms with Crippen molar-refractivity contribution in [1.29, 1.82) is 0 Å². The molecular formula is C16H22N2O2. The zero-order valence-electron chi connectivity index (χ0n) is 12.3. The lowest BCUT2D eigenvalue weighted by Gasteiger charge is -2.27. The molecule has 0 saturated carbocycles. The summed E-state index contributed by atoms with van der Waals surface area (Å²) in [5, 5.41) is 2.86. The van der Waals surface area contributed by atoms with Crippen molar-refractivity contribution in [3.8, 4) is 0 Å². The minimum Gasteiger partial charge on any atom is -0.344 e. The highest BCUT2D eigenvalue weighted by molar-refractivity contribution is 6.01. The molecule has 1 heterocycles.